The highest BCUT2D eigenvalue weighted by atomic mass is 32.2. The van der Waals surface area contributed by atoms with Crippen molar-refractivity contribution in [3.63, 3.8) is 0 Å². The first-order chi connectivity index (χ1) is 16.8. The molecule has 1 amide bonds. The van der Waals surface area contributed by atoms with Gasteiger partial charge < -0.3 is 19.9 Å². The van der Waals surface area contributed by atoms with Gasteiger partial charge in [0.2, 0.25) is 5.91 Å². The summed E-state index contributed by atoms with van der Waals surface area (Å²) in [5.41, 5.74) is -1.05. The summed E-state index contributed by atoms with van der Waals surface area (Å²) in [6, 6.07) is 5.91. The van der Waals surface area contributed by atoms with E-state index in [2.05, 4.69) is 10.1 Å². The second-order valence-corrected chi connectivity index (χ2v) is 11.2. The standard InChI is InChI=1S/C23H24F5NO7S/c1-12(23(26,27)28)37(33,34)18-11-14(29-20(32)22(2,3)4)6-8-16(18)35-17-9-13(10-19(30)31)5-7-15(17)36-21(24)25/h5-9,11-12,21H,10H2,1-4H3,(H,29,32)(H,30,31). The van der Waals surface area contributed by atoms with Gasteiger partial charge in [0, 0.05) is 11.1 Å². The number of hydrogen-bond donors (Lipinski definition) is 2. The number of carboxylic acids is 1. The number of alkyl halides is 5. The van der Waals surface area contributed by atoms with Crippen LogP contribution >= 0.6 is 0 Å². The second-order valence-electron chi connectivity index (χ2n) is 8.93. The van der Waals surface area contributed by atoms with Gasteiger partial charge in [0.1, 0.15) is 10.6 Å². The number of benzene rings is 2. The summed E-state index contributed by atoms with van der Waals surface area (Å²) in [6.45, 7) is 1.72. The van der Waals surface area contributed by atoms with E-state index in [1.165, 1.54) is 0 Å². The van der Waals surface area contributed by atoms with Crippen LogP contribution in [0.15, 0.2) is 41.3 Å². The Morgan fingerprint density at radius 2 is 1.59 bits per heavy atom. The van der Waals surface area contributed by atoms with Gasteiger partial charge in [-0.15, -0.1) is 0 Å². The van der Waals surface area contributed by atoms with Gasteiger partial charge in [-0.2, -0.15) is 22.0 Å². The van der Waals surface area contributed by atoms with Crippen LogP contribution in [0.3, 0.4) is 0 Å². The third-order valence-corrected chi connectivity index (χ3v) is 7.05. The number of nitrogens with one attached hydrogen (secondary N) is 1. The quantitative estimate of drug-likeness (QED) is 0.398. The Kier molecular flexibility index (Phi) is 8.79. The van der Waals surface area contributed by atoms with Crippen LogP contribution in [0, 0.1) is 5.41 Å². The molecule has 2 rings (SSSR count). The van der Waals surface area contributed by atoms with E-state index in [9.17, 15) is 40.0 Å². The van der Waals surface area contributed by atoms with Crippen molar-refractivity contribution < 1.29 is 54.5 Å². The number of rotatable bonds is 9. The van der Waals surface area contributed by atoms with Crippen molar-refractivity contribution in [1.29, 1.82) is 0 Å². The predicted octanol–water partition coefficient (Wildman–Crippen LogP) is 5.42. The molecule has 0 saturated heterocycles. The van der Waals surface area contributed by atoms with Crippen LogP contribution in [0.5, 0.6) is 17.2 Å². The number of carboxylic acid groups (broad SMARTS) is 1. The lowest BCUT2D eigenvalue weighted by Crippen LogP contribution is -2.34. The topological polar surface area (TPSA) is 119 Å². The van der Waals surface area contributed by atoms with Gasteiger partial charge in [-0.1, -0.05) is 26.8 Å². The lowest BCUT2D eigenvalue weighted by atomic mass is 9.95. The SMILES string of the molecule is CC(C(F)(F)F)S(=O)(=O)c1cc(NC(=O)C(C)(C)C)ccc1Oc1cc(CC(=O)O)ccc1OC(F)F. The van der Waals surface area contributed by atoms with E-state index in [0.717, 1.165) is 36.4 Å². The van der Waals surface area contributed by atoms with Crippen molar-refractivity contribution >= 4 is 27.4 Å². The van der Waals surface area contributed by atoms with Crippen molar-refractivity contribution in [2.45, 2.75) is 57.0 Å². The predicted molar refractivity (Wildman–Crippen MR) is 122 cm³/mol. The molecule has 2 aromatic carbocycles. The molecule has 8 nitrogen and oxygen atoms in total. The van der Waals surface area contributed by atoms with Crippen molar-refractivity contribution in [2.24, 2.45) is 5.41 Å². The lowest BCUT2D eigenvalue weighted by molar-refractivity contribution is -0.136. The molecule has 0 saturated carbocycles. The van der Waals surface area contributed by atoms with Crippen LogP contribution in [0.1, 0.15) is 33.3 Å². The Morgan fingerprint density at radius 1 is 1.00 bits per heavy atom. The van der Waals surface area contributed by atoms with Crippen molar-refractivity contribution in [2.75, 3.05) is 5.32 Å². The molecular formula is C23H24F5NO7S. The first-order valence-corrected chi connectivity index (χ1v) is 12.1. The molecular weight excluding hydrogens is 529 g/mol. The summed E-state index contributed by atoms with van der Waals surface area (Å²) in [5.74, 6) is -3.74. The van der Waals surface area contributed by atoms with Gasteiger partial charge in [-0.25, -0.2) is 8.42 Å². The van der Waals surface area contributed by atoms with Gasteiger partial charge in [0.05, 0.1) is 6.42 Å². The third-order valence-electron chi connectivity index (χ3n) is 4.92. The van der Waals surface area contributed by atoms with Crippen molar-refractivity contribution in [3.05, 3.63) is 42.0 Å². The average molecular weight is 554 g/mol. The molecule has 0 bridgehead atoms. The van der Waals surface area contributed by atoms with E-state index in [1.807, 2.05) is 0 Å². The number of sulfone groups is 1. The first-order valence-electron chi connectivity index (χ1n) is 10.6. The number of carbonyl (C=O) groups is 2. The molecule has 0 aliphatic rings. The fourth-order valence-corrected chi connectivity index (χ4v) is 4.22. The van der Waals surface area contributed by atoms with Gasteiger partial charge in [-0.3, -0.25) is 9.59 Å². The molecule has 2 aromatic rings. The smallest absolute Gasteiger partial charge is 0.405 e. The molecule has 0 aliphatic carbocycles. The van der Waals surface area contributed by atoms with E-state index >= 15 is 0 Å². The maximum atomic E-state index is 13.4. The van der Waals surface area contributed by atoms with Gasteiger partial charge in [0.15, 0.2) is 26.6 Å². The van der Waals surface area contributed by atoms with E-state index in [4.69, 9.17) is 9.84 Å². The van der Waals surface area contributed by atoms with E-state index in [0.29, 0.717) is 6.92 Å². The number of ether oxygens (including phenoxy) is 2. The summed E-state index contributed by atoms with van der Waals surface area (Å²) in [5, 5.41) is 8.50. The van der Waals surface area contributed by atoms with Crippen LogP contribution < -0.4 is 14.8 Å². The molecule has 2 N–H and O–H groups in total. The molecule has 14 heteroatoms. The Labute approximate surface area is 209 Å². The largest absolute Gasteiger partial charge is 0.481 e. The summed E-state index contributed by atoms with van der Waals surface area (Å²) in [4.78, 5) is 22.4. The van der Waals surface area contributed by atoms with E-state index in [1.54, 1.807) is 20.8 Å². The minimum Gasteiger partial charge on any atom is -0.481 e. The number of amides is 1. The van der Waals surface area contributed by atoms with Gasteiger partial charge >= 0.3 is 18.8 Å². The average Bonchev–Trinajstić information content (AvgIpc) is 2.73. The zero-order valence-electron chi connectivity index (χ0n) is 20.0. The Balaban J connectivity index is 2.69. The highest BCUT2D eigenvalue weighted by molar-refractivity contribution is 7.92. The maximum absolute atomic E-state index is 13.4. The fraction of sp³-hybridized carbons (Fsp3) is 0.391. The van der Waals surface area contributed by atoms with Gasteiger partial charge in [-0.05, 0) is 42.8 Å². The Morgan fingerprint density at radius 3 is 2.11 bits per heavy atom. The third kappa shape index (κ3) is 7.78. The molecule has 1 unspecified atom stereocenters. The van der Waals surface area contributed by atoms with Crippen molar-refractivity contribution in [1.82, 2.24) is 0 Å². The summed E-state index contributed by atoms with van der Waals surface area (Å²) < 4.78 is 102. The first kappa shape index (κ1) is 29.8. The Hall–Kier alpha value is -3.42. The number of carbonyl (C=O) groups excluding carboxylic acids is 1. The molecule has 0 heterocycles. The number of hydrogen-bond acceptors (Lipinski definition) is 6. The molecule has 204 valence electrons. The summed E-state index contributed by atoms with van der Waals surface area (Å²) >= 11 is 0. The molecule has 0 aromatic heterocycles. The van der Waals surface area contributed by atoms with E-state index in [-0.39, 0.29) is 11.3 Å². The molecule has 37 heavy (non-hydrogen) atoms. The zero-order chi connectivity index (χ0) is 28.3. The minimum absolute atomic E-state index is 0.0474. The van der Waals surface area contributed by atoms with Crippen LogP contribution in [-0.2, 0) is 25.8 Å². The summed E-state index contributed by atoms with van der Waals surface area (Å²) in [6.07, 6.45) is -5.74. The fourth-order valence-electron chi connectivity index (χ4n) is 2.81. The molecule has 0 radical (unpaired) electrons. The number of anilines is 1. The van der Waals surface area contributed by atoms with Crippen molar-refractivity contribution in [3.8, 4) is 17.2 Å². The Bertz CT molecular complexity index is 1270. The monoisotopic (exact) mass is 553 g/mol. The van der Waals surface area contributed by atoms with Crippen LogP contribution in [-0.4, -0.2) is 43.4 Å². The molecule has 1 atom stereocenters. The van der Waals surface area contributed by atoms with Gasteiger partial charge in [0.25, 0.3) is 0 Å². The molecule has 0 aliphatic heterocycles. The molecule has 0 spiro atoms. The highest BCUT2D eigenvalue weighted by Gasteiger charge is 2.47. The number of aliphatic carboxylic acids is 1. The van der Waals surface area contributed by atoms with Crippen LogP contribution in [0.4, 0.5) is 27.6 Å². The van der Waals surface area contributed by atoms with E-state index < -0.39 is 73.7 Å². The lowest BCUT2D eigenvalue weighted by Gasteiger charge is -2.21. The second kappa shape index (κ2) is 10.9. The normalized spacial score (nSPS) is 13.2. The highest BCUT2D eigenvalue weighted by Crippen LogP contribution is 2.40. The maximum Gasteiger partial charge on any atom is 0.405 e. The van der Waals surface area contributed by atoms with Crippen LogP contribution in [0.2, 0.25) is 0 Å². The zero-order valence-corrected chi connectivity index (χ0v) is 20.8. The summed E-state index contributed by atoms with van der Waals surface area (Å²) in [7, 11) is -5.19. The molecule has 0 fully saturated rings. The van der Waals surface area contributed by atoms with Crippen LogP contribution in [0.25, 0.3) is 0 Å². The minimum atomic E-state index is -5.19. The number of halogens is 5.